The van der Waals surface area contributed by atoms with Crippen molar-refractivity contribution in [3.05, 3.63) is 191 Å². The molecule has 0 unspecified atom stereocenters. The maximum absolute atomic E-state index is 15.0. The van der Waals surface area contributed by atoms with E-state index in [1.807, 2.05) is 0 Å². The summed E-state index contributed by atoms with van der Waals surface area (Å²) in [5.74, 6) is 0. The molecule has 73 heavy (non-hydrogen) atoms. The van der Waals surface area contributed by atoms with Gasteiger partial charge in [-0.15, -0.1) is 0 Å². The van der Waals surface area contributed by atoms with Crippen LogP contribution in [0.1, 0.15) is 38.9 Å². The van der Waals surface area contributed by atoms with Crippen molar-refractivity contribution in [2.24, 2.45) is 0 Å². The summed E-state index contributed by atoms with van der Waals surface area (Å²) in [4.78, 5) is 0. The van der Waals surface area contributed by atoms with Gasteiger partial charge in [-0.05, 0) is 114 Å². The van der Waals surface area contributed by atoms with Crippen molar-refractivity contribution in [1.29, 1.82) is 5.26 Å². The highest BCUT2D eigenvalue weighted by molar-refractivity contribution is 6.13. The minimum absolute atomic E-state index is 0.0389. The Balaban J connectivity index is 1.38. The number of aryl methyl sites for hydroxylation is 1. The van der Waals surface area contributed by atoms with Gasteiger partial charge in [0.05, 0.1) is 72.9 Å². The third kappa shape index (κ3) is 8.45. The van der Waals surface area contributed by atoms with Gasteiger partial charge in [-0.1, -0.05) is 72.8 Å². The Bertz CT molecular complexity index is 3870. The minimum atomic E-state index is -5.42. The Kier molecular flexibility index (Phi) is 11.1. The molecule has 10 aromatic rings. The normalized spacial score (nSPS) is 12.9. The van der Waals surface area contributed by atoms with Crippen LogP contribution in [0.25, 0.3) is 88.4 Å². The summed E-state index contributed by atoms with van der Waals surface area (Å²) in [7, 11) is 0. The van der Waals surface area contributed by atoms with Gasteiger partial charge in [-0.2, -0.15) is 71.1 Å². The Labute approximate surface area is 402 Å². The van der Waals surface area contributed by atoms with Gasteiger partial charge in [0.15, 0.2) is 0 Å². The van der Waals surface area contributed by atoms with Crippen LogP contribution in [0.2, 0.25) is 0 Å². The Morgan fingerprint density at radius 2 is 0.781 bits per heavy atom. The molecule has 368 valence electrons. The molecule has 0 radical (unpaired) electrons. The summed E-state index contributed by atoms with van der Waals surface area (Å²) in [6, 6.07) is 31.0. The SMILES string of the molecule is Cc1cc(-c2ccc3c4ccccc4n(-c4cc(-c5c(C(F)(F)F)cccc5C(F)(F)F)c(C#N)cc4-n4c5ccccc5c5ccc(-c6cc(C(F)(F)F)cc(C(F)(F)F)c6)cc54)c3c2)cc(C(F)(F)F)c1. The van der Waals surface area contributed by atoms with E-state index < -0.39 is 81.0 Å². The lowest BCUT2D eigenvalue weighted by Crippen LogP contribution is -2.15. The van der Waals surface area contributed by atoms with Crippen LogP contribution in [0.5, 0.6) is 0 Å². The summed E-state index contributed by atoms with van der Waals surface area (Å²) in [6.07, 6.45) is -26.1. The van der Waals surface area contributed by atoms with Gasteiger partial charge in [0, 0.05) is 32.7 Å². The molecule has 0 saturated carbocycles. The zero-order valence-electron chi connectivity index (χ0n) is 36.9. The molecule has 0 spiro atoms. The van der Waals surface area contributed by atoms with E-state index in [0.717, 1.165) is 24.3 Å². The molecule has 3 nitrogen and oxygen atoms in total. The van der Waals surface area contributed by atoms with Crippen LogP contribution in [0.3, 0.4) is 0 Å². The zero-order valence-corrected chi connectivity index (χ0v) is 36.9. The number of hydrogen-bond donors (Lipinski definition) is 0. The highest BCUT2D eigenvalue weighted by Gasteiger charge is 2.42. The number of benzene rings is 8. The Morgan fingerprint density at radius 1 is 0.370 bits per heavy atom. The summed E-state index contributed by atoms with van der Waals surface area (Å²) in [5, 5.41) is 12.5. The molecule has 2 aromatic heterocycles. The average molecular weight is 1020 g/mol. The molecule has 2 heterocycles. The number of rotatable bonds is 5. The Hall–Kier alpha value is -8.20. The third-order valence-corrected chi connectivity index (χ3v) is 12.7. The predicted octanol–water partition coefficient (Wildman–Crippen LogP) is 18.2. The smallest absolute Gasteiger partial charge is 0.307 e. The molecule has 0 saturated heterocycles. The van der Waals surface area contributed by atoms with E-state index >= 15 is 26.3 Å². The van der Waals surface area contributed by atoms with Crippen LogP contribution in [-0.2, 0) is 30.9 Å². The van der Waals surface area contributed by atoms with Gasteiger partial charge in [-0.3, -0.25) is 0 Å². The topological polar surface area (TPSA) is 33.6 Å². The van der Waals surface area contributed by atoms with Crippen molar-refractivity contribution in [3.8, 4) is 50.8 Å². The fourth-order valence-electron chi connectivity index (χ4n) is 9.60. The van der Waals surface area contributed by atoms with Crippen molar-refractivity contribution in [2.45, 2.75) is 37.8 Å². The number of nitriles is 1. The summed E-state index contributed by atoms with van der Waals surface area (Å²) < 4.78 is 221. The van der Waals surface area contributed by atoms with Crippen LogP contribution in [-0.4, -0.2) is 9.13 Å². The summed E-state index contributed by atoms with van der Waals surface area (Å²) in [6.45, 7) is 1.45. The lowest BCUT2D eigenvalue weighted by Gasteiger charge is -2.23. The molecule has 0 fully saturated rings. The molecular weight excluding hydrogens is 988 g/mol. The van der Waals surface area contributed by atoms with Crippen molar-refractivity contribution in [2.75, 3.05) is 0 Å². The first-order valence-electron chi connectivity index (χ1n) is 21.6. The molecule has 0 aliphatic carbocycles. The third-order valence-electron chi connectivity index (χ3n) is 12.7. The number of nitrogens with zero attached hydrogens (tertiary/aromatic N) is 3. The number of alkyl halides is 15. The molecule has 0 aliphatic rings. The predicted molar refractivity (Wildman–Crippen MR) is 246 cm³/mol. The number of fused-ring (bicyclic) bond motifs is 6. The van der Waals surface area contributed by atoms with Gasteiger partial charge in [-0.25, -0.2) is 0 Å². The number of aromatic nitrogens is 2. The molecule has 0 bridgehead atoms. The van der Waals surface area contributed by atoms with E-state index in [9.17, 15) is 44.8 Å². The first-order chi connectivity index (χ1) is 34.2. The maximum Gasteiger partial charge on any atom is 0.417 e. The molecule has 8 aromatic carbocycles. The van der Waals surface area contributed by atoms with Gasteiger partial charge < -0.3 is 9.13 Å². The minimum Gasteiger partial charge on any atom is -0.307 e. The largest absolute Gasteiger partial charge is 0.417 e. The van der Waals surface area contributed by atoms with Crippen molar-refractivity contribution < 1.29 is 65.9 Å². The van der Waals surface area contributed by atoms with E-state index in [0.29, 0.717) is 51.9 Å². The fourth-order valence-corrected chi connectivity index (χ4v) is 9.60. The molecule has 0 aliphatic heterocycles. The first kappa shape index (κ1) is 48.4. The lowest BCUT2D eigenvalue weighted by molar-refractivity contribution is -0.144. The average Bonchev–Trinajstić information content (AvgIpc) is 3.83. The quantitative estimate of drug-likeness (QED) is 0.158. The second-order valence-electron chi connectivity index (χ2n) is 17.3. The Morgan fingerprint density at radius 3 is 1.22 bits per heavy atom. The van der Waals surface area contributed by atoms with E-state index in [2.05, 4.69) is 0 Å². The van der Waals surface area contributed by atoms with Gasteiger partial charge >= 0.3 is 30.9 Å². The monoisotopic (exact) mass is 1020 g/mol. The molecule has 0 atom stereocenters. The molecule has 0 amide bonds. The second kappa shape index (κ2) is 16.7. The second-order valence-corrected chi connectivity index (χ2v) is 17.3. The van der Waals surface area contributed by atoms with Crippen LogP contribution < -0.4 is 0 Å². The van der Waals surface area contributed by atoms with Crippen LogP contribution in [0.4, 0.5) is 65.9 Å². The van der Waals surface area contributed by atoms with Crippen molar-refractivity contribution in [1.82, 2.24) is 9.13 Å². The van der Waals surface area contributed by atoms with E-state index in [1.165, 1.54) is 46.4 Å². The molecule has 0 N–H and O–H groups in total. The number of halogens is 15. The van der Waals surface area contributed by atoms with Gasteiger partial charge in [0.25, 0.3) is 0 Å². The standard InChI is InChI=1S/C55H28F15N3/c1-28-17-31(19-34(18-28)51(56,57)58)29-13-15-40-38-8-3-5-12-45(38)73(47(40)22-29)49-26-41(50-42(54(65,66)67)9-6-10-43(50)55(68,69)70)33(27-71)24-48(49)72-44-11-4-2-7-37(44)39-16-14-30(23-46(39)72)32-20-35(52(59,60)61)25-36(21-32)53(62,63)64/h2-26H,1H3. The number of para-hydroxylation sites is 2. The first-order valence-corrected chi connectivity index (χ1v) is 21.6. The maximum atomic E-state index is 15.0. The summed E-state index contributed by atoms with van der Waals surface area (Å²) in [5.41, 5.74) is -10.3. The molecular formula is C55H28F15N3. The van der Waals surface area contributed by atoms with Gasteiger partial charge in [0.1, 0.15) is 0 Å². The van der Waals surface area contributed by atoms with Crippen molar-refractivity contribution >= 4 is 43.6 Å². The van der Waals surface area contributed by atoms with E-state index in [4.69, 9.17) is 0 Å². The van der Waals surface area contributed by atoms with Gasteiger partial charge in [0.2, 0.25) is 0 Å². The van der Waals surface area contributed by atoms with Crippen LogP contribution in [0, 0.1) is 18.3 Å². The summed E-state index contributed by atoms with van der Waals surface area (Å²) >= 11 is 0. The highest BCUT2D eigenvalue weighted by Crippen LogP contribution is 2.49. The van der Waals surface area contributed by atoms with Crippen LogP contribution >= 0.6 is 0 Å². The highest BCUT2D eigenvalue weighted by atomic mass is 19.4. The number of hydrogen-bond acceptors (Lipinski definition) is 1. The zero-order chi connectivity index (χ0) is 52.3. The molecule has 10 rings (SSSR count). The fraction of sp³-hybridized carbons (Fsp3) is 0.109. The van der Waals surface area contributed by atoms with Crippen LogP contribution in [0.15, 0.2) is 152 Å². The molecule has 18 heteroatoms. The lowest BCUT2D eigenvalue weighted by atomic mass is 9.89. The van der Waals surface area contributed by atoms with E-state index in [1.54, 1.807) is 66.7 Å². The van der Waals surface area contributed by atoms with E-state index in [-0.39, 0.29) is 61.8 Å². The van der Waals surface area contributed by atoms with Crippen molar-refractivity contribution in [3.63, 3.8) is 0 Å².